The van der Waals surface area contributed by atoms with Gasteiger partial charge in [-0.2, -0.15) is 0 Å². The molecule has 12 heavy (non-hydrogen) atoms. The van der Waals surface area contributed by atoms with Crippen LogP contribution in [0, 0.1) is 23.6 Å². The molecule has 1 aromatic rings. The lowest BCUT2D eigenvalue weighted by molar-refractivity contribution is -0.385. The molecule has 0 spiro atoms. The topological polar surface area (TPSA) is 47.5 Å². The Morgan fingerprint density at radius 2 is 2.25 bits per heavy atom. The first-order valence-corrected chi connectivity index (χ1v) is 3.28. The largest absolute Gasteiger partial charge is 0.262 e. The van der Waals surface area contributed by atoms with Gasteiger partial charge in [-0.25, -0.2) is 4.85 Å². The van der Waals surface area contributed by atoms with Crippen LogP contribution in [0.25, 0.3) is 4.85 Å². The minimum atomic E-state index is -0.482. The number of nitro benzene ring substituents is 1. The van der Waals surface area contributed by atoms with E-state index in [1.165, 1.54) is 12.1 Å². The molecule has 0 saturated carbocycles. The molecule has 1 rings (SSSR count). The normalized spacial score (nSPS) is 9.00. The summed E-state index contributed by atoms with van der Waals surface area (Å²) in [7, 11) is 0. The van der Waals surface area contributed by atoms with E-state index in [1.807, 2.05) is 0 Å². The minimum Gasteiger partial charge on any atom is -0.258 e. The monoisotopic (exact) mass is 162 g/mol. The zero-order chi connectivity index (χ0) is 9.14. The van der Waals surface area contributed by atoms with Crippen LogP contribution in [0.1, 0.15) is 5.56 Å². The minimum absolute atomic E-state index is 0.00324. The molecule has 4 heteroatoms. The highest BCUT2D eigenvalue weighted by Gasteiger charge is 2.11. The van der Waals surface area contributed by atoms with Crippen molar-refractivity contribution in [3.8, 4) is 0 Å². The van der Waals surface area contributed by atoms with Crippen LogP contribution in [0.5, 0.6) is 0 Å². The Bertz CT molecular complexity index is 366. The molecule has 0 radical (unpaired) electrons. The Morgan fingerprint density at radius 1 is 1.58 bits per heavy atom. The van der Waals surface area contributed by atoms with Gasteiger partial charge in [0.1, 0.15) is 0 Å². The van der Waals surface area contributed by atoms with Gasteiger partial charge >= 0.3 is 0 Å². The zero-order valence-corrected chi connectivity index (χ0v) is 6.44. The van der Waals surface area contributed by atoms with E-state index < -0.39 is 4.92 Å². The second-order valence-corrected chi connectivity index (χ2v) is 2.29. The van der Waals surface area contributed by atoms with Gasteiger partial charge in [0.25, 0.3) is 5.69 Å². The van der Waals surface area contributed by atoms with Crippen molar-refractivity contribution in [2.75, 3.05) is 0 Å². The van der Waals surface area contributed by atoms with E-state index >= 15 is 0 Å². The maximum absolute atomic E-state index is 10.4. The number of nitro groups is 1. The SMILES string of the molecule is [C-]#[N+]c1cccc([N+](=O)[O-])c1C. The molecule has 1 aromatic carbocycles. The van der Waals surface area contributed by atoms with Crippen LogP contribution in [0.15, 0.2) is 18.2 Å². The molecule has 0 aliphatic heterocycles. The Hall–Kier alpha value is -1.89. The van der Waals surface area contributed by atoms with Crippen molar-refractivity contribution in [2.45, 2.75) is 6.92 Å². The molecule has 4 nitrogen and oxygen atoms in total. The molecule has 0 bridgehead atoms. The van der Waals surface area contributed by atoms with E-state index in [0.29, 0.717) is 11.3 Å². The highest BCUT2D eigenvalue weighted by Crippen LogP contribution is 2.26. The van der Waals surface area contributed by atoms with Crippen molar-refractivity contribution < 1.29 is 4.92 Å². The summed E-state index contributed by atoms with van der Waals surface area (Å²) in [5.41, 5.74) is 0.769. The van der Waals surface area contributed by atoms with Crippen molar-refractivity contribution in [3.63, 3.8) is 0 Å². The van der Waals surface area contributed by atoms with Gasteiger partial charge in [0.05, 0.1) is 11.5 Å². The molecule has 0 atom stereocenters. The van der Waals surface area contributed by atoms with Crippen LogP contribution >= 0.6 is 0 Å². The fraction of sp³-hybridized carbons (Fsp3) is 0.125. The van der Waals surface area contributed by atoms with Crippen molar-refractivity contribution in [3.05, 3.63) is 45.3 Å². The second-order valence-electron chi connectivity index (χ2n) is 2.29. The number of hydrogen-bond donors (Lipinski definition) is 0. The molecule has 0 aliphatic carbocycles. The molecule has 0 aromatic heterocycles. The lowest BCUT2D eigenvalue weighted by Crippen LogP contribution is -1.90. The Morgan fingerprint density at radius 3 is 2.75 bits per heavy atom. The summed E-state index contributed by atoms with van der Waals surface area (Å²) < 4.78 is 0. The van der Waals surface area contributed by atoms with Crippen molar-refractivity contribution >= 4 is 11.4 Å². The van der Waals surface area contributed by atoms with Crippen LogP contribution in [-0.4, -0.2) is 4.92 Å². The lowest BCUT2D eigenvalue weighted by Gasteiger charge is -1.97. The molecule has 0 amide bonds. The summed E-state index contributed by atoms with van der Waals surface area (Å²) in [4.78, 5) is 13.1. The molecule has 0 aliphatic rings. The third kappa shape index (κ3) is 1.25. The molecule has 0 saturated heterocycles. The van der Waals surface area contributed by atoms with E-state index in [2.05, 4.69) is 4.85 Å². The fourth-order valence-corrected chi connectivity index (χ4v) is 0.931. The Balaban J connectivity index is 3.35. The summed E-state index contributed by atoms with van der Waals surface area (Å²) in [5, 5.41) is 10.4. The second kappa shape index (κ2) is 3.01. The first kappa shape index (κ1) is 8.21. The first-order valence-electron chi connectivity index (χ1n) is 3.28. The molecule has 0 heterocycles. The molecular formula is C8H6N2O2. The Labute approximate surface area is 69.4 Å². The first-order chi connectivity index (χ1) is 5.66. The zero-order valence-electron chi connectivity index (χ0n) is 6.44. The van der Waals surface area contributed by atoms with Crippen LogP contribution in [-0.2, 0) is 0 Å². The predicted molar refractivity (Wildman–Crippen MR) is 44.1 cm³/mol. The smallest absolute Gasteiger partial charge is 0.258 e. The van der Waals surface area contributed by atoms with Gasteiger partial charge in [-0.1, -0.05) is 12.1 Å². The van der Waals surface area contributed by atoms with Gasteiger partial charge in [-0.15, -0.1) is 0 Å². The highest BCUT2D eigenvalue weighted by molar-refractivity contribution is 5.60. The van der Waals surface area contributed by atoms with Crippen LogP contribution in [0.3, 0.4) is 0 Å². The summed E-state index contributed by atoms with van der Waals surface area (Å²) >= 11 is 0. The average molecular weight is 162 g/mol. The molecule has 0 N–H and O–H groups in total. The maximum atomic E-state index is 10.4. The van der Waals surface area contributed by atoms with Gasteiger partial charge < -0.3 is 0 Å². The number of rotatable bonds is 1. The molecule has 0 unspecified atom stereocenters. The van der Waals surface area contributed by atoms with E-state index in [0.717, 1.165) is 0 Å². The fourth-order valence-electron chi connectivity index (χ4n) is 0.931. The number of benzene rings is 1. The van der Waals surface area contributed by atoms with Crippen molar-refractivity contribution in [1.29, 1.82) is 0 Å². The van der Waals surface area contributed by atoms with Crippen LogP contribution in [0.4, 0.5) is 11.4 Å². The quantitative estimate of drug-likeness (QED) is 0.361. The predicted octanol–water partition coefficient (Wildman–Crippen LogP) is 2.45. The highest BCUT2D eigenvalue weighted by atomic mass is 16.6. The van der Waals surface area contributed by atoms with Gasteiger partial charge in [0.2, 0.25) is 0 Å². The lowest BCUT2D eigenvalue weighted by atomic mass is 10.1. The van der Waals surface area contributed by atoms with E-state index in [-0.39, 0.29) is 5.69 Å². The number of hydrogen-bond acceptors (Lipinski definition) is 2. The summed E-state index contributed by atoms with van der Waals surface area (Å²) in [6.45, 7) is 8.30. The van der Waals surface area contributed by atoms with Gasteiger partial charge in [-0.05, 0) is 6.92 Å². The van der Waals surface area contributed by atoms with Crippen molar-refractivity contribution in [2.24, 2.45) is 0 Å². The molecular weight excluding hydrogens is 156 g/mol. The van der Waals surface area contributed by atoms with Crippen LogP contribution in [0.2, 0.25) is 0 Å². The van der Waals surface area contributed by atoms with Gasteiger partial charge in [-0.3, -0.25) is 10.1 Å². The summed E-state index contributed by atoms with van der Waals surface area (Å²) in [6, 6.07) is 4.47. The van der Waals surface area contributed by atoms with Gasteiger partial charge in [0, 0.05) is 11.6 Å². The van der Waals surface area contributed by atoms with E-state index in [4.69, 9.17) is 6.57 Å². The third-order valence-corrected chi connectivity index (χ3v) is 1.59. The number of nitrogens with zero attached hydrogens (tertiary/aromatic N) is 2. The van der Waals surface area contributed by atoms with Crippen molar-refractivity contribution in [1.82, 2.24) is 0 Å². The summed E-state index contributed by atoms with van der Waals surface area (Å²) in [5.74, 6) is 0. The van der Waals surface area contributed by atoms with E-state index in [9.17, 15) is 10.1 Å². The van der Waals surface area contributed by atoms with Crippen LogP contribution < -0.4 is 0 Å². The maximum Gasteiger partial charge on any atom is 0.262 e. The molecule has 0 fully saturated rings. The van der Waals surface area contributed by atoms with E-state index in [1.54, 1.807) is 13.0 Å². The average Bonchev–Trinajstić information content (AvgIpc) is 2.04. The summed E-state index contributed by atoms with van der Waals surface area (Å²) in [6.07, 6.45) is 0. The van der Waals surface area contributed by atoms with Gasteiger partial charge in [0.15, 0.2) is 5.69 Å². The molecule has 60 valence electrons. The standard InChI is InChI=1S/C8H6N2O2/c1-6-7(9-2)4-3-5-8(6)10(11)12/h3-5H,1H3. The third-order valence-electron chi connectivity index (χ3n) is 1.59. The Kier molecular flexibility index (Phi) is 2.06.